The second-order valence-electron chi connectivity index (χ2n) is 4.54. The predicted molar refractivity (Wildman–Crippen MR) is 76.7 cm³/mol. The molecule has 20 heavy (non-hydrogen) atoms. The molecule has 0 spiro atoms. The summed E-state index contributed by atoms with van der Waals surface area (Å²) >= 11 is 0. The number of fused-ring (bicyclic) bond motifs is 1. The van der Waals surface area contributed by atoms with Gasteiger partial charge in [0.15, 0.2) is 0 Å². The minimum absolute atomic E-state index is 0.0341. The molecular weight excluding hydrogens is 256 g/mol. The third-order valence-corrected chi connectivity index (χ3v) is 3.00. The van der Waals surface area contributed by atoms with Crippen LogP contribution in [0, 0.1) is 0 Å². The minimum Gasteiger partial charge on any atom is -0.379 e. The molecule has 1 aromatic rings. The second kappa shape index (κ2) is 6.86. The van der Waals surface area contributed by atoms with Gasteiger partial charge in [0.25, 0.3) is 5.91 Å². The molecule has 1 aromatic carbocycles. The summed E-state index contributed by atoms with van der Waals surface area (Å²) in [6.45, 7) is 5.15. The lowest BCUT2D eigenvalue weighted by molar-refractivity contribution is -0.115. The molecule has 0 saturated heterocycles. The van der Waals surface area contributed by atoms with Crippen molar-refractivity contribution < 1.29 is 14.3 Å². The van der Waals surface area contributed by atoms with E-state index >= 15 is 0 Å². The van der Waals surface area contributed by atoms with E-state index in [1.54, 1.807) is 18.2 Å². The van der Waals surface area contributed by atoms with E-state index < -0.39 is 0 Å². The summed E-state index contributed by atoms with van der Waals surface area (Å²) in [6.07, 6.45) is 2.98. The molecule has 0 bridgehead atoms. The van der Waals surface area contributed by atoms with Crippen molar-refractivity contribution in [3.05, 3.63) is 42.0 Å². The first-order chi connectivity index (χ1) is 9.70. The Morgan fingerprint density at radius 3 is 3.10 bits per heavy atom. The lowest BCUT2D eigenvalue weighted by Crippen LogP contribution is -2.27. The Bertz CT molecular complexity index is 526. The minimum atomic E-state index is -0.165. The van der Waals surface area contributed by atoms with Crippen LogP contribution in [0.25, 0.3) is 0 Å². The number of hydrogen-bond donors (Lipinski definition) is 2. The Balaban J connectivity index is 1.80. The fourth-order valence-corrected chi connectivity index (χ4v) is 1.96. The average molecular weight is 274 g/mol. The Morgan fingerprint density at radius 1 is 1.45 bits per heavy atom. The maximum Gasteiger partial charge on any atom is 0.251 e. The monoisotopic (exact) mass is 274 g/mol. The van der Waals surface area contributed by atoms with Crippen molar-refractivity contribution in [1.82, 2.24) is 5.32 Å². The molecule has 2 N–H and O–H groups in total. The topological polar surface area (TPSA) is 67.4 Å². The van der Waals surface area contributed by atoms with Gasteiger partial charge in [-0.1, -0.05) is 12.1 Å². The highest BCUT2D eigenvalue weighted by Crippen LogP contribution is 2.23. The van der Waals surface area contributed by atoms with Crippen molar-refractivity contribution in [1.29, 1.82) is 0 Å². The number of amides is 2. The van der Waals surface area contributed by atoms with Crippen LogP contribution in [0.4, 0.5) is 5.69 Å². The number of hydrogen-bond acceptors (Lipinski definition) is 3. The van der Waals surface area contributed by atoms with E-state index in [0.717, 1.165) is 17.7 Å². The van der Waals surface area contributed by atoms with Crippen LogP contribution in [0.5, 0.6) is 0 Å². The quantitative estimate of drug-likeness (QED) is 0.585. The van der Waals surface area contributed by atoms with Crippen LogP contribution >= 0.6 is 0 Å². The zero-order valence-corrected chi connectivity index (χ0v) is 11.3. The molecule has 0 atom stereocenters. The number of anilines is 1. The fraction of sp³-hybridized carbons (Fsp3) is 0.333. The fourth-order valence-electron chi connectivity index (χ4n) is 1.96. The maximum absolute atomic E-state index is 11.9. The van der Waals surface area contributed by atoms with Gasteiger partial charge in [-0.2, -0.15) is 0 Å². The van der Waals surface area contributed by atoms with Crippen molar-refractivity contribution in [2.75, 3.05) is 25.1 Å². The molecule has 0 aromatic heterocycles. The Morgan fingerprint density at radius 2 is 2.30 bits per heavy atom. The Hall–Kier alpha value is -2.14. The van der Waals surface area contributed by atoms with Gasteiger partial charge in [0.1, 0.15) is 0 Å². The number of ether oxygens (including phenoxy) is 1. The summed E-state index contributed by atoms with van der Waals surface area (Å²) in [5.74, 6) is -0.200. The smallest absolute Gasteiger partial charge is 0.251 e. The van der Waals surface area contributed by atoms with Gasteiger partial charge in [-0.05, 0) is 24.1 Å². The summed E-state index contributed by atoms with van der Waals surface area (Å²) in [5, 5.41) is 5.51. The SMILES string of the molecule is C=CCCOCCNC(=O)c1ccc2c(c1)NC(=O)C2. The van der Waals surface area contributed by atoms with Crippen LogP contribution in [-0.2, 0) is 16.0 Å². The van der Waals surface area contributed by atoms with Crippen molar-refractivity contribution in [3.8, 4) is 0 Å². The highest BCUT2D eigenvalue weighted by molar-refractivity contribution is 6.02. The van der Waals surface area contributed by atoms with Gasteiger partial charge in [0, 0.05) is 17.8 Å². The normalized spacial score (nSPS) is 12.7. The first-order valence-corrected chi connectivity index (χ1v) is 6.60. The number of benzene rings is 1. The first kappa shape index (κ1) is 14.3. The molecule has 2 amide bonds. The molecular formula is C15H18N2O3. The molecule has 0 fully saturated rings. The van der Waals surface area contributed by atoms with Crippen LogP contribution in [0.1, 0.15) is 22.3 Å². The van der Waals surface area contributed by atoms with Gasteiger partial charge in [-0.25, -0.2) is 0 Å². The van der Waals surface area contributed by atoms with Crippen LogP contribution in [0.2, 0.25) is 0 Å². The van der Waals surface area contributed by atoms with Crippen molar-refractivity contribution in [2.45, 2.75) is 12.8 Å². The zero-order valence-electron chi connectivity index (χ0n) is 11.3. The summed E-state index contributed by atoms with van der Waals surface area (Å²) < 4.78 is 5.31. The molecule has 0 saturated carbocycles. The molecule has 106 valence electrons. The van der Waals surface area contributed by atoms with Gasteiger partial charge >= 0.3 is 0 Å². The Labute approximate surface area is 118 Å². The van der Waals surface area contributed by atoms with E-state index in [1.807, 2.05) is 6.07 Å². The van der Waals surface area contributed by atoms with E-state index in [-0.39, 0.29) is 11.8 Å². The van der Waals surface area contributed by atoms with Crippen LogP contribution in [0.15, 0.2) is 30.9 Å². The molecule has 0 aliphatic carbocycles. The standard InChI is InChI=1S/C15H18N2O3/c1-2-3-7-20-8-6-16-15(19)12-5-4-11-10-14(18)17-13(11)9-12/h2,4-5,9H,1,3,6-8,10H2,(H,16,19)(H,17,18). The number of rotatable bonds is 7. The summed E-state index contributed by atoms with van der Waals surface area (Å²) in [4.78, 5) is 23.2. The van der Waals surface area contributed by atoms with Crippen LogP contribution in [0.3, 0.4) is 0 Å². The predicted octanol–water partition coefficient (Wildman–Crippen LogP) is 1.50. The third kappa shape index (κ3) is 3.68. The number of nitrogens with one attached hydrogen (secondary N) is 2. The molecule has 0 radical (unpaired) electrons. The largest absolute Gasteiger partial charge is 0.379 e. The summed E-state index contributed by atoms with van der Waals surface area (Å²) in [6, 6.07) is 5.24. The van der Waals surface area contributed by atoms with Crippen LogP contribution in [-0.4, -0.2) is 31.6 Å². The van der Waals surface area contributed by atoms with E-state index in [9.17, 15) is 9.59 Å². The maximum atomic E-state index is 11.9. The lowest BCUT2D eigenvalue weighted by Gasteiger charge is -2.07. The third-order valence-electron chi connectivity index (χ3n) is 3.00. The Kier molecular flexibility index (Phi) is 4.90. The number of carbonyl (C=O) groups excluding carboxylic acids is 2. The van der Waals surface area contributed by atoms with E-state index in [2.05, 4.69) is 17.2 Å². The van der Waals surface area contributed by atoms with Gasteiger partial charge in [-0.3, -0.25) is 9.59 Å². The second-order valence-corrected chi connectivity index (χ2v) is 4.54. The molecule has 1 heterocycles. The van der Waals surface area contributed by atoms with E-state index in [1.165, 1.54) is 0 Å². The molecule has 1 aliphatic heterocycles. The summed E-state index contributed by atoms with van der Waals surface area (Å²) in [7, 11) is 0. The van der Waals surface area contributed by atoms with Gasteiger partial charge in [0.2, 0.25) is 5.91 Å². The highest BCUT2D eigenvalue weighted by Gasteiger charge is 2.18. The van der Waals surface area contributed by atoms with Gasteiger partial charge < -0.3 is 15.4 Å². The zero-order chi connectivity index (χ0) is 14.4. The van der Waals surface area contributed by atoms with Crippen molar-refractivity contribution in [3.63, 3.8) is 0 Å². The first-order valence-electron chi connectivity index (χ1n) is 6.60. The molecule has 0 unspecified atom stereocenters. The highest BCUT2D eigenvalue weighted by atomic mass is 16.5. The molecule has 5 nitrogen and oxygen atoms in total. The molecule has 5 heteroatoms. The lowest BCUT2D eigenvalue weighted by atomic mass is 10.1. The van der Waals surface area contributed by atoms with E-state index in [4.69, 9.17) is 4.74 Å². The average Bonchev–Trinajstić information content (AvgIpc) is 2.81. The van der Waals surface area contributed by atoms with Gasteiger partial charge in [0.05, 0.1) is 19.6 Å². The van der Waals surface area contributed by atoms with Crippen LogP contribution < -0.4 is 10.6 Å². The molecule has 2 rings (SSSR count). The van der Waals surface area contributed by atoms with Crippen molar-refractivity contribution >= 4 is 17.5 Å². The number of carbonyl (C=O) groups is 2. The molecule has 1 aliphatic rings. The van der Waals surface area contributed by atoms with Gasteiger partial charge in [-0.15, -0.1) is 6.58 Å². The van der Waals surface area contributed by atoms with Crippen molar-refractivity contribution in [2.24, 2.45) is 0 Å². The summed E-state index contributed by atoms with van der Waals surface area (Å²) in [5.41, 5.74) is 2.20. The van der Waals surface area contributed by atoms with E-state index in [0.29, 0.717) is 31.7 Å².